The number of ketones is 3. The number of carbonyl (C=O) groups excluding carboxylic acids is 3. The van der Waals surface area contributed by atoms with Crippen LogP contribution in [0.4, 0.5) is 0 Å². The Kier molecular flexibility index (Phi) is 5.98. The van der Waals surface area contributed by atoms with Crippen LogP contribution < -0.4 is 0 Å². The minimum atomic E-state index is -2.21. The van der Waals surface area contributed by atoms with E-state index in [9.17, 15) is 39.9 Å². The van der Waals surface area contributed by atoms with Crippen molar-refractivity contribution in [3.05, 3.63) is 57.6 Å². The van der Waals surface area contributed by atoms with Gasteiger partial charge < -0.3 is 39.7 Å². The first kappa shape index (κ1) is 25.5. The number of phenolic OH excluding ortho intramolecular Hbond substituents is 2. The summed E-state index contributed by atoms with van der Waals surface area (Å²) >= 11 is 0. The third kappa shape index (κ3) is 3.62. The van der Waals surface area contributed by atoms with Crippen LogP contribution >= 0.6 is 0 Å². The molecule has 2 aliphatic carbocycles. The number of carbonyl (C=O) groups is 3. The minimum absolute atomic E-state index is 0.101. The third-order valence-electron chi connectivity index (χ3n) is 7.29. The van der Waals surface area contributed by atoms with Crippen LogP contribution in [-0.4, -0.2) is 86.3 Å². The Bertz CT molecular complexity index is 1330. The molecule has 0 unspecified atom stereocenters. The molecular formula is C26H26O11. The van der Waals surface area contributed by atoms with Gasteiger partial charge in [-0.1, -0.05) is 12.1 Å². The van der Waals surface area contributed by atoms with Crippen molar-refractivity contribution in [3.63, 3.8) is 0 Å². The minimum Gasteiger partial charge on any atom is -0.507 e. The molecule has 11 heteroatoms. The summed E-state index contributed by atoms with van der Waals surface area (Å²) in [4.78, 5) is 40.0. The molecule has 11 nitrogen and oxygen atoms in total. The SMILES string of the molecule is CO[C@H]1[C@H](O[C@@H]2O[C@@H](C)C[C@@H](O)[C@H]2O)c2c(cc3c(c2O)C(=O)c2c(O)cccc2C3=O)C(=O)[C@@]1(C)O. The van der Waals surface area contributed by atoms with Gasteiger partial charge in [-0.2, -0.15) is 0 Å². The van der Waals surface area contributed by atoms with E-state index < -0.39 is 76.8 Å². The first-order valence-corrected chi connectivity index (χ1v) is 11.7. The van der Waals surface area contributed by atoms with Crippen molar-refractivity contribution in [1.82, 2.24) is 0 Å². The zero-order chi connectivity index (χ0) is 27.0. The van der Waals surface area contributed by atoms with Gasteiger partial charge in [0.05, 0.1) is 23.3 Å². The van der Waals surface area contributed by atoms with Crippen LogP contribution in [0.1, 0.15) is 74.1 Å². The normalized spacial score (nSPS) is 33.1. The Morgan fingerprint density at radius 2 is 1.73 bits per heavy atom. The van der Waals surface area contributed by atoms with E-state index in [-0.39, 0.29) is 34.2 Å². The summed E-state index contributed by atoms with van der Waals surface area (Å²) in [6.45, 7) is 2.82. The van der Waals surface area contributed by atoms with Crippen LogP contribution in [0.3, 0.4) is 0 Å². The van der Waals surface area contributed by atoms with Gasteiger partial charge in [-0.15, -0.1) is 0 Å². The first-order valence-electron chi connectivity index (χ1n) is 11.7. The van der Waals surface area contributed by atoms with Gasteiger partial charge in [0.15, 0.2) is 23.5 Å². The van der Waals surface area contributed by atoms with Crippen molar-refractivity contribution in [2.75, 3.05) is 7.11 Å². The van der Waals surface area contributed by atoms with Gasteiger partial charge in [-0.05, 0) is 26.0 Å². The highest BCUT2D eigenvalue weighted by Crippen LogP contribution is 2.49. The number of hydrogen-bond acceptors (Lipinski definition) is 11. The summed E-state index contributed by atoms with van der Waals surface area (Å²) < 4.78 is 17.0. The van der Waals surface area contributed by atoms with Crippen LogP contribution in [0.5, 0.6) is 11.5 Å². The molecule has 0 spiro atoms. The number of aliphatic hydroxyl groups is 3. The Morgan fingerprint density at radius 1 is 1.03 bits per heavy atom. The van der Waals surface area contributed by atoms with Gasteiger partial charge in [0.2, 0.25) is 5.78 Å². The number of methoxy groups -OCH3 is 1. The van der Waals surface area contributed by atoms with Crippen LogP contribution in [0.2, 0.25) is 0 Å². The van der Waals surface area contributed by atoms with Gasteiger partial charge in [-0.3, -0.25) is 14.4 Å². The molecule has 0 aromatic heterocycles. The molecule has 37 heavy (non-hydrogen) atoms. The Morgan fingerprint density at radius 3 is 2.41 bits per heavy atom. The molecule has 3 aliphatic rings. The van der Waals surface area contributed by atoms with Crippen molar-refractivity contribution in [1.29, 1.82) is 0 Å². The van der Waals surface area contributed by atoms with Crippen LogP contribution in [0, 0.1) is 0 Å². The summed E-state index contributed by atoms with van der Waals surface area (Å²) in [6, 6.07) is 5.06. The van der Waals surface area contributed by atoms with E-state index in [0.29, 0.717) is 0 Å². The Labute approximate surface area is 210 Å². The molecule has 1 aliphatic heterocycles. The summed E-state index contributed by atoms with van der Waals surface area (Å²) in [6.07, 6.45) is -7.48. The summed E-state index contributed by atoms with van der Waals surface area (Å²) in [5, 5.41) is 53.5. The lowest BCUT2D eigenvalue weighted by molar-refractivity contribution is -0.295. The molecule has 1 saturated heterocycles. The van der Waals surface area contributed by atoms with Gasteiger partial charge in [0.25, 0.3) is 0 Å². The molecule has 0 bridgehead atoms. The number of hydrogen-bond donors (Lipinski definition) is 5. The smallest absolute Gasteiger partial charge is 0.201 e. The molecule has 0 saturated carbocycles. The average molecular weight is 514 g/mol. The van der Waals surface area contributed by atoms with Gasteiger partial charge in [0.1, 0.15) is 29.8 Å². The Balaban J connectivity index is 1.72. The van der Waals surface area contributed by atoms with Crippen molar-refractivity contribution < 1.29 is 54.1 Å². The molecule has 7 atom stereocenters. The predicted octanol–water partition coefficient (Wildman–Crippen LogP) is 0.750. The summed E-state index contributed by atoms with van der Waals surface area (Å²) in [5.41, 5.74) is -3.89. The van der Waals surface area contributed by atoms with Crippen LogP contribution in [0.15, 0.2) is 24.3 Å². The molecule has 5 rings (SSSR count). The largest absolute Gasteiger partial charge is 0.507 e. The lowest BCUT2D eigenvalue weighted by atomic mass is 9.72. The number of Topliss-reactive ketones (excluding diaryl/α,β-unsaturated/α-hetero) is 1. The van der Waals surface area contributed by atoms with E-state index in [2.05, 4.69) is 0 Å². The second-order valence-corrected chi connectivity index (χ2v) is 9.77. The fourth-order valence-corrected chi connectivity index (χ4v) is 5.43. The molecular weight excluding hydrogens is 488 g/mol. The van der Waals surface area contributed by atoms with Crippen LogP contribution in [0.25, 0.3) is 0 Å². The van der Waals surface area contributed by atoms with E-state index in [1.807, 2.05) is 0 Å². The molecule has 1 fully saturated rings. The highest BCUT2D eigenvalue weighted by atomic mass is 16.7. The number of aliphatic hydroxyl groups excluding tert-OH is 2. The molecule has 0 amide bonds. The Hall–Kier alpha value is -3.19. The zero-order valence-corrected chi connectivity index (χ0v) is 20.2. The fourth-order valence-electron chi connectivity index (χ4n) is 5.43. The second-order valence-electron chi connectivity index (χ2n) is 9.77. The fraction of sp³-hybridized carbons (Fsp3) is 0.423. The first-order chi connectivity index (χ1) is 17.4. The lowest BCUT2D eigenvalue weighted by Gasteiger charge is -2.44. The maximum Gasteiger partial charge on any atom is 0.201 e. The average Bonchev–Trinajstić information content (AvgIpc) is 2.83. The number of aromatic hydroxyl groups is 2. The highest BCUT2D eigenvalue weighted by Gasteiger charge is 2.55. The second kappa shape index (κ2) is 8.69. The topological polar surface area (TPSA) is 180 Å². The predicted molar refractivity (Wildman–Crippen MR) is 124 cm³/mol. The number of fused-ring (bicyclic) bond motifs is 3. The quantitative estimate of drug-likeness (QED) is 0.333. The maximum absolute atomic E-state index is 13.4. The molecule has 0 radical (unpaired) electrons. The van der Waals surface area contributed by atoms with Crippen molar-refractivity contribution in [2.45, 2.75) is 62.7 Å². The third-order valence-corrected chi connectivity index (χ3v) is 7.29. The summed E-state index contributed by atoms with van der Waals surface area (Å²) in [5.74, 6) is -3.68. The van der Waals surface area contributed by atoms with E-state index in [1.165, 1.54) is 32.2 Å². The molecule has 5 N–H and O–H groups in total. The molecule has 1 heterocycles. The number of phenols is 2. The molecule has 2 aromatic rings. The number of benzene rings is 2. The van der Waals surface area contributed by atoms with Gasteiger partial charge in [0, 0.05) is 35.8 Å². The molecule has 196 valence electrons. The maximum atomic E-state index is 13.4. The number of ether oxygens (including phenoxy) is 3. The summed E-state index contributed by atoms with van der Waals surface area (Å²) in [7, 11) is 1.20. The van der Waals surface area contributed by atoms with E-state index in [4.69, 9.17) is 14.2 Å². The molecule has 2 aromatic carbocycles. The monoisotopic (exact) mass is 514 g/mol. The number of rotatable bonds is 3. The highest BCUT2D eigenvalue weighted by molar-refractivity contribution is 6.31. The van der Waals surface area contributed by atoms with Gasteiger partial charge >= 0.3 is 0 Å². The van der Waals surface area contributed by atoms with Gasteiger partial charge in [-0.25, -0.2) is 0 Å². The van der Waals surface area contributed by atoms with E-state index >= 15 is 0 Å². The van der Waals surface area contributed by atoms with E-state index in [0.717, 1.165) is 6.07 Å². The van der Waals surface area contributed by atoms with E-state index in [1.54, 1.807) is 6.92 Å². The standard InChI is InChI=1S/C26H26O11/c1-9-7-14(28)19(30)25(36-9)37-22-17-12(23(33)26(2,34)24(22)35-3)8-11-16(21(17)32)20(31)15-10(18(11)29)5-4-6-13(15)27/h4-6,8-9,14,19,22,24-25,27-28,30,32,34H,7H2,1-3H3/t9-,14+,19+,22+,24-,25-,26+/m0/s1. The van der Waals surface area contributed by atoms with Crippen LogP contribution in [-0.2, 0) is 14.2 Å². The zero-order valence-electron chi connectivity index (χ0n) is 20.2. The van der Waals surface area contributed by atoms with Crippen molar-refractivity contribution in [2.24, 2.45) is 0 Å². The van der Waals surface area contributed by atoms with Crippen molar-refractivity contribution in [3.8, 4) is 11.5 Å². The lowest BCUT2D eigenvalue weighted by Crippen LogP contribution is -2.57. The van der Waals surface area contributed by atoms with Crippen molar-refractivity contribution >= 4 is 17.3 Å².